The molecule has 2 aliphatic carbocycles. The molecule has 0 bridgehead atoms. The van der Waals surface area contributed by atoms with Crippen molar-refractivity contribution in [2.45, 2.75) is 38.2 Å². The van der Waals surface area contributed by atoms with Crippen LogP contribution in [-0.4, -0.2) is 16.9 Å². The summed E-state index contributed by atoms with van der Waals surface area (Å²) >= 11 is 0. The lowest BCUT2D eigenvalue weighted by atomic mass is 9.63. The summed E-state index contributed by atoms with van der Waals surface area (Å²) in [7, 11) is 0. The molecular weight excluding hydrogens is 250 g/mol. The zero-order valence-electron chi connectivity index (χ0n) is 11.3. The third-order valence-corrected chi connectivity index (χ3v) is 4.89. The van der Waals surface area contributed by atoms with E-state index in [1.807, 2.05) is 30.3 Å². The summed E-state index contributed by atoms with van der Waals surface area (Å²) in [6.45, 7) is 0. The molecule has 102 valence electrons. The Morgan fingerprint density at radius 1 is 1.20 bits per heavy atom. The van der Waals surface area contributed by atoms with Gasteiger partial charge >= 0.3 is 0 Å². The Kier molecular flexibility index (Phi) is 2.56. The minimum absolute atomic E-state index is 0.0682. The summed E-state index contributed by atoms with van der Waals surface area (Å²) in [5, 5.41) is 1.11. The van der Waals surface area contributed by atoms with Crippen molar-refractivity contribution in [3.05, 3.63) is 36.5 Å². The van der Waals surface area contributed by atoms with Gasteiger partial charge in [0.1, 0.15) is 17.6 Å². The number of benzene rings is 1. The van der Waals surface area contributed by atoms with E-state index in [4.69, 9.17) is 4.74 Å². The molecule has 1 spiro atoms. The highest BCUT2D eigenvalue weighted by atomic mass is 16.5. The third kappa shape index (κ3) is 1.65. The summed E-state index contributed by atoms with van der Waals surface area (Å²) in [6.07, 6.45) is 6.75. The van der Waals surface area contributed by atoms with Crippen LogP contribution in [0.1, 0.15) is 32.1 Å². The zero-order valence-corrected chi connectivity index (χ0v) is 11.3. The van der Waals surface area contributed by atoms with Gasteiger partial charge < -0.3 is 4.74 Å². The first kappa shape index (κ1) is 11.9. The van der Waals surface area contributed by atoms with Crippen molar-refractivity contribution < 1.29 is 9.53 Å². The van der Waals surface area contributed by atoms with Gasteiger partial charge in [0.05, 0.1) is 10.9 Å². The first-order valence-corrected chi connectivity index (χ1v) is 7.33. The van der Waals surface area contributed by atoms with E-state index < -0.39 is 0 Å². The van der Waals surface area contributed by atoms with Gasteiger partial charge in [-0.1, -0.05) is 18.9 Å². The molecule has 0 amide bonds. The second-order valence-corrected chi connectivity index (χ2v) is 5.95. The van der Waals surface area contributed by atoms with Gasteiger partial charge in [0.15, 0.2) is 0 Å². The molecule has 1 aromatic heterocycles. The summed E-state index contributed by atoms with van der Waals surface area (Å²) < 4.78 is 6.11. The molecule has 3 heteroatoms. The highest BCUT2D eigenvalue weighted by Gasteiger charge is 2.57. The topological polar surface area (TPSA) is 39.2 Å². The molecule has 0 N–H and O–H groups in total. The molecule has 1 heterocycles. The van der Waals surface area contributed by atoms with Crippen LogP contribution in [-0.2, 0) is 4.79 Å². The van der Waals surface area contributed by atoms with E-state index in [1.165, 1.54) is 0 Å². The van der Waals surface area contributed by atoms with Gasteiger partial charge in [-0.3, -0.25) is 9.78 Å². The molecule has 0 aliphatic heterocycles. The highest BCUT2D eigenvalue weighted by Crippen LogP contribution is 2.52. The van der Waals surface area contributed by atoms with Crippen molar-refractivity contribution in [1.82, 2.24) is 4.98 Å². The quantitative estimate of drug-likeness (QED) is 0.835. The Morgan fingerprint density at radius 3 is 2.85 bits per heavy atom. The zero-order chi connectivity index (χ0) is 13.6. The maximum absolute atomic E-state index is 12.0. The maximum atomic E-state index is 12.0. The lowest BCUT2D eigenvalue weighted by molar-refractivity contribution is -0.151. The molecule has 4 rings (SSSR count). The van der Waals surface area contributed by atoms with E-state index in [0.29, 0.717) is 12.2 Å². The SMILES string of the molecule is O=C1CC(Oc2ccc3cccnc3c2)C12CCCC2. The fourth-order valence-corrected chi connectivity index (χ4v) is 3.66. The molecule has 20 heavy (non-hydrogen) atoms. The van der Waals surface area contributed by atoms with Crippen LogP contribution in [0.3, 0.4) is 0 Å². The van der Waals surface area contributed by atoms with E-state index in [1.54, 1.807) is 6.20 Å². The first-order chi connectivity index (χ1) is 9.78. The van der Waals surface area contributed by atoms with Crippen LogP contribution in [0, 0.1) is 5.41 Å². The number of ketones is 1. The van der Waals surface area contributed by atoms with Gasteiger partial charge in [0.2, 0.25) is 0 Å². The van der Waals surface area contributed by atoms with Crippen LogP contribution in [0.5, 0.6) is 5.75 Å². The van der Waals surface area contributed by atoms with E-state index >= 15 is 0 Å². The second kappa shape index (κ2) is 4.30. The largest absolute Gasteiger partial charge is 0.489 e. The van der Waals surface area contributed by atoms with Gasteiger partial charge in [-0.2, -0.15) is 0 Å². The predicted octanol–water partition coefficient (Wildman–Crippen LogP) is 3.52. The fourth-order valence-electron chi connectivity index (χ4n) is 3.66. The van der Waals surface area contributed by atoms with Crippen LogP contribution in [0.15, 0.2) is 36.5 Å². The van der Waals surface area contributed by atoms with Crippen molar-refractivity contribution in [3.63, 3.8) is 0 Å². The molecular formula is C17H17NO2. The molecule has 1 unspecified atom stereocenters. The van der Waals surface area contributed by atoms with Crippen molar-refractivity contribution in [3.8, 4) is 5.75 Å². The molecule has 3 nitrogen and oxygen atoms in total. The number of pyridine rings is 1. The Balaban J connectivity index is 1.60. The van der Waals surface area contributed by atoms with E-state index in [0.717, 1.165) is 42.3 Å². The fraction of sp³-hybridized carbons (Fsp3) is 0.412. The maximum Gasteiger partial charge on any atom is 0.146 e. The predicted molar refractivity (Wildman–Crippen MR) is 76.7 cm³/mol. The van der Waals surface area contributed by atoms with Crippen molar-refractivity contribution in [1.29, 1.82) is 0 Å². The number of hydrogen-bond donors (Lipinski definition) is 0. The van der Waals surface area contributed by atoms with E-state index in [-0.39, 0.29) is 11.5 Å². The second-order valence-electron chi connectivity index (χ2n) is 5.95. The normalized spacial score (nSPS) is 24.0. The van der Waals surface area contributed by atoms with Gasteiger partial charge in [0, 0.05) is 24.1 Å². The standard InChI is InChI=1S/C17H17NO2/c19-15-11-16(17(15)7-1-2-8-17)20-13-6-5-12-4-3-9-18-14(12)10-13/h3-6,9-10,16H,1-2,7-8,11H2. The summed E-state index contributed by atoms with van der Waals surface area (Å²) in [5.74, 6) is 1.24. The van der Waals surface area contributed by atoms with Gasteiger partial charge in [-0.15, -0.1) is 0 Å². The Hall–Kier alpha value is -1.90. The summed E-state index contributed by atoms with van der Waals surface area (Å²) in [5.41, 5.74) is 0.773. The van der Waals surface area contributed by atoms with Gasteiger partial charge in [-0.25, -0.2) is 0 Å². The number of hydrogen-bond acceptors (Lipinski definition) is 3. The Labute approximate surface area is 118 Å². The molecule has 1 atom stereocenters. The number of carbonyl (C=O) groups is 1. The molecule has 2 saturated carbocycles. The van der Waals surface area contributed by atoms with E-state index in [2.05, 4.69) is 4.98 Å². The average Bonchev–Trinajstić information content (AvgIpc) is 2.99. The van der Waals surface area contributed by atoms with E-state index in [9.17, 15) is 4.79 Å². The molecule has 2 fully saturated rings. The van der Waals surface area contributed by atoms with Crippen LogP contribution in [0.2, 0.25) is 0 Å². The lowest BCUT2D eigenvalue weighted by Crippen LogP contribution is -2.55. The summed E-state index contributed by atoms with van der Waals surface area (Å²) in [6, 6.07) is 9.95. The Morgan fingerprint density at radius 2 is 2.05 bits per heavy atom. The van der Waals surface area contributed by atoms with Crippen LogP contribution in [0.4, 0.5) is 0 Å². The smallest absolute Gasteiger partial charge is 0.146 e. The minimum Gasteiger partial charge on any atom is -0.489 e. The third-order valence-electron chi connectivity index (χ3n) is 4.89. The summed E-state index contributed by atoms with van der Waals surface area (Å²) in [4.78, 5) is 16.3. The highest BCUT2D eigenvalue weighted by molar-refractivity contribution is 5.92. The van der Waals surface area contributed by atoms with Gasteiger partial charge in [0.25, 0.3) is 0 Å². The lowest BCUT2D eigenvalue weighted by Gasteiger charge is -2.44. The van der Waals surface area contributed by atoms with Crippen LogP contribution in [0.25, 0.3) is 10.9 Å². The molecule has 1 aromatic carbocycles. The minimum atomic E-state index is -0.168. The number of carbonyl (C=O) groups excluding carboxylic acids is 1. The molecule has 0 saturated heterocycles. The average molecular weight is 267 g/mol. The number of nitrogens with zero attached hydrogens (tertiary/aromatic N) is 1. The monoisotopic (exact) mass is 267 g/mol. The van der Waals surface area contributed by atoms with Crippen molar-refractivity contribution in [2.75, 3.05) is 0 Å². The number of fused-ring (bicyclic) bond motifs is 1. The Bertz CT molecular complexity index is 673. The molecule has 2 aromatic rings. The first-order valence-electron chi connectivity index (χ1n) is 7.33. The number of rotatable bonds is 2. The van der Waals surface area contributed by atoms with Gasteiger partial charge in [-0.05, 0) is 31.0 Å². The number of aromatic nitrogens is 1. The number of Topliss-reactive ketones (excluding diaryl/α,β-unsaturated/α-hetero) is 1. The van der Waals surface area contributed by atoms with Crippen molar-refractivity contribution in [2.24, 2.45) is 5.41 Å². The molecule has 2 aliphatic rings. The van der Waals surface area contributed by atoms with Crippen molar-refractivity contribution >= 4 is 16.7 Å². The van der Waals surface area contributed by atoms with Crippen LogP contribution >= 0.6 is 0 Å². The van der Waals surface area contributed by atoms with Crippen LogP contribution < -0.4 is 4.74 Å². The molecule has 0 radical (unpaired) electrons. The number of ether oxygens (including phenoxy) is 1.